The van der Waals surface area contributed by atoms with Crippen molar-refractivity contribution in [1.29, 1.82) is 0 Å². The Hall–Kier alpha value is -0.530. The first-order chi connectivity index (χ1) is 5.42. The van der Waals surface area contributed by atoms with E-state index in [2.05, 4.69) is 25.8 Å². The van der Waals surface area contributed by atoms with E-state index in [0.29, 0.717) is 11.3 Å². The van der Waals surface area contributed by atoms with Crippen molar-refractivity contribution in [1.82, 2.24) is 0 Å². The minimum atomic E-state index is 0.460. The zero-order chi connectivity index (χ0) is 9.61. The van der Waals surface area contributed by atoms with Gasteiger partial charge in [-0.15, -0.1) is 0 Å². The second-order valence-corrected chi connectivity index (χ2v) is 4.54. The Morgan fingerprint density at radius 3 is 2.25 bits per heavy atom. The number of nitrogens with zero attached hydrogens (tertiary/aromatic N) is 1. The summed E-state index contributed by atoms with van der Waals surface area (Å²) in [6.45, 7) is 9.53. The minimum absolute atomic E-state index is 0.460. The van der Waals surface area contributed by atoms with Crippen LogP contribution in [0, 0.1) is 5.41 Å². The molecule has 72 valence electrons. The summed E-state index contributed by atoms with van der Waals surface area (Å²) in [5.74, 6) is 0.700. The third kappa shape index (κ3) is 9.47. The Kier molecular flexibility index (Phi) is 4.95. The maximum atomic E-state index is 5.41. The molecule has 0 heterocycles. The number of unbranched alkanes of at least 4 members (excludes halogenated alkanes) is 1. The van der Waals surface area contributed by atoms with Crippen molar-refractivity contribution in [2.75, 3.05) is 6.54 Å². The van der Waals surface area contributed by atoms with Crippen LogP contribution < -0.4 is 5.73 Å². The first-order valence-electron chi connectivity index (χ1n) is 4.68. The smallest absolute Gasteiger partial charge is 0.0905 e. The summed E-state index contributed by atoms with van der Waals surface area (Å²) in [6.07, 6.45) is 3.68. The Morgan fingerprint density at radius 1 is 1.25 bits per heavy atom. The van der Waals surface area contributed by atoms with Gasteiger partial charge in [0.1, 0.15) is 0 Å². The van der Waals surface area contributed by atoms with E-state index < -0.39 is 0 Å². The Labute approximate surface area is 76.3 Å². The predicted octanol–water partition coefficient (Wildman–Crippen LogP) is 2.58. The molecular formula is C10H22N2. The highest BCUT2D eigenvalue weighted by atomic mass is 14.8. The van der Waals surface area contributed by atoms with E-state index in [1.54, 1.807) is 0 Å². The van der Waals surface area contributed by atoms with Crippen LogP contribution in [0.25, 0.3) is 0 Å². The van der Waals surface area contributed by atoms with E-state index in [4.69, 9.17) is 5.73 Å². The lowest BCUT2D eigenvalue weighted by Gasteiger charge is -2.16. The van der Waals surface area contributed by atoms with Crippen LogP contribution >= 0.6 is 0 Å². The van der Waals surface area contributed by atoms with Crippen LogP contribution in [0.15, 0.2) is 4.99 Å². The van der Waals surface area contributed by atoms with Crippen LogP contribution in [0.4, 0.5) is 0 Å². The van der Waals surface area contributed by atoms with Crippen molar-refractivity contribution in [3.8, 4) is 0 Å². The lowest BCUT2D eigenvalue weighted by molar-refractivity contribution is 0.361. The van der Waals surface area contributed by atoms with Crippen LogP contribution in [0.1, 0.15) is 47.0 Å². The fraction of sp³-hybridized carbons (Fsp3) is 0.900. The van der Waals surface area contributed by atoms with Crippen molar-refractivity contribution >= 4 is 5.84 Å². The van der Waals surface area contributed by atoms with Gasteiger partial charge in [0, 0.05) is 6.54 Å². The maximum absolute atomic E-state index is 5.41. The van der Waals surface area contributed by atoms with Gasteiger partial charge in [-0.1, -0.05) is 27.2 Å². The van der Waals surface area contributed by atoms with Gasteiger partial charge in [-0.05, 0) is 25.2 Å². The summed E-state index contributed by atoms with van der Waals surface area (Å²) < 4.78 is 0. The average molecular weight is 170 g/mol. The van der Waals surface area contributed by atoms with Gasteiger partial charge in [0.2, 0.25) is 0 Å². The number of amidine groups is 1. The molecule has 0 aliphatic carbocycles. The van der Waals surface area contributed by atoms with Crippen molar-refractivity contribution < 1.29 is 0 Å². The highest BCUT2D eigenvalue weighted by Crippen LogP contribution is 2.21. The molecule has 0 fully saturated rings. The second-order valence-electron chi connectivity index (χ2n) is 4.54. The van der Waals surface area contributed by atoms with Crippen LogP contribution in [-0.2, 0) is 0 Å². The lowest BCUT2D eigenvalue weighted by Crippen LogP contribution is -2.07. The van der Waals surface area contributed by atoms with Gasteiger partial charge < -0.3 is 5.73 Å². The number of hydrogen-bond donors (Lipinski definition) is 1. The van der Waals surface area contributed by atoms with Crippen molar-refractivity contribution in [2.24, 2.45) is 16.1 Å². The molecule has 2 N–H and O–H groups in total. The van der Waals surface area contributed by atoms with Crippen LogP contribution in [0.2, 0.25) is 0 Å². The van der Waals surface area contributed by atoms with Gasteiger partial charge in [-0.3, -0.25) is 4.99 Å². The average Bonchev–Trinajstić information content (AvgIpc) is 1.83. The van der Waals surface area contributed by atoms with E-state index in [9.17, 15) is 0 Å². The molecule has 0 unspecified atom stereocenters. The Balaban J connectivity index is 3.29. The molecule has 0 amide bonds. The molecule has 0 atom stereocenters. The molecule has 0 saturated heterocycles. The number of rotatable bonds is 4. The molecule has 0 aromatic rings. The van der Waals surface area contributed by atoms with E-state index in [-0.39, 0.29) is 0 Å². The second kappa shape index (κ2) is 5.18. The normalized spacial score (nSPS) is 13.5. The zero-order valence-corrected chi connectivity index (χ0v) is 8.85. The van der Waals surface area contributed by atoms with Crippen LogP contribution in [0.3, 0.4) is 0 Å². The molecule has 2 nitrogen and oxygen atoms in total. The van der Waals surface area contributed by atoms with Gasteiger partial charge in [0.25, 0.3) is 0 Å². The molecule has 0 radical (unpaired) electrons. The number of nitrogens with two attached hydrogens (primary N) is 1. The molecule has 2 heteroatoms. The molecule has 0 aromatic heterocycles. The van der Waals surface area contributed by atoms with E-state index in [0.717, 1.165) is 13.0 Å². The summed E-state index contributed by atoms with van der Waals surface area (Å²) in [5.41, 5.74) is 5.87. The molecule has 12 heavy (non-hydrogen) atoms. The fourth-order valence-electron chi connectivity index (χ4n) is 1.02. The molecule has 0 aliphatic rings. The van der Waals surface area contributed by atoms with Crippen molar-refractivity contribution in [3.05, 3.63) is 0 Å². The van der Waals surface area contributed by atoms with Gasteiger partial charge in [-0.2, -0.15) is 0 Å². The lowest BCUT2D eigenvalue weighted by atomic mass is 9.90. The predicted molar refractivity (Wildman–Crippen MR) is 55.5 cm³/mol. The molecular weight excluding hydrogens is 148 g/mol. The maximum Gasteiger partial charge on any atom is 0.0905 e. The topological polar surface area (TPSA) is 38.4 Å². The molecule has 0 saturated carbocycles. The quantitative estimate of drug-likeness (QED) is 0.393. The molecule has 0 spiro atoms. The third-order valence-electron chi connectivity index (χ3n) is 1.70. The van der Waals surface area contributed by atoms with E-state index in [1.807, 2.05) is 6.92 Å². The highest BCUT2D eigenvalue weighted by molar-refractivity contribution is 5.77. The monoisotopic (exact) mass is 170 g/mol. The largest absolute Gasteiger partial charge is 0.388 e. The van der Waals surface area contributed by atoms with E-state index >= 15 is 0 Å². The summed E-state index contributed by atoms with van der Waals surface area (Å²) in [5, 5.41) is 0. The molecule has 0 aliphatic heterocycles. The van der Waals surface area contributed by atoms with Gasteiger partial charge in [0.15, 0.2) is 0 Å². The number of hydrogen-bond acceptors (Lipinski definition) is 1. The third-order valence-corrected chi connectivity index (χ3v) is 1.70. The van der Waals surface area contributed by atoms with Crippen LogP contribution in [0.5, 0.6) is 0 Å². The summed E-state index contributed by atoms with van der Waals surface area (Å²) >= 11 is 0. The Morgan fingerprint density at radius 2 is 1.83 bits per heavy atom. The summed E-state index contributed by atoms with van der Waals surface area (Å²) in [7, 11) is 0. The van der Waals surface area contributed by atoms with Gasteiger partial charge >= 0.3 is 0 Å². The van der Waals surface area contributed by atoms with E-state index in [1.165, 1.54) is 12.8 Å². The Bertz CT molecular complexity index is 138. The fourth-order valence-corrected chi connectivity index (χ4v) is 1.02. The first-order valence-corrected chi connectivity index (χ1v) is 4.68. The summed E-state index contributed by atoms with van der Waals surface area (Å²) in [4.78, 5) is 4.14. The molecule has 0 rings (SSSR count). The molecule has 0 bridgehead atoms. The van der Waals surface area contributed by atoms with Gasteiger partial charge in [0.05, 0.1) is 5.84 Å². The first kappa shape index (κ1) is 11.5. The van der Waals surface area contributed by atoms with Crippen LogP contribution in [-0.4, -0.2) is 12.4 Å². The summed E-state index contributed by atoms with van der Waals surface area (Å²) in [6, 6.07) is 0. The highest BCUT2D eigenvalue weighted by Gasteiger charge is 2.08. The molecule has 0 aromatic carbocycles. The van der Waals surface area contributed by atoms with Crippen molar-refractivity contribution in [2.45, 2.75) is 47.0 Å². The van der Waals surface area contributed by atoms with Crippen molar-refractivity contribution in [3.63, 3.8) is 0 Å². The standard InChI is InChI=1S/C10H22N2/c1-9(11)12-8-6-5-7-10(2,3)4/h5-8H2,1-4H3,(H2,11,12). The SMILES string of the molecule is CC(N)=NCCCCC(C)(C)C. The number of aliphatic imine (C=N–C) groups is 1. The minimum Gasteiger partial charge on any atom is -0.388 e. The van der Waals surface area contributed by atoms with Gasteiger partial charge in [-0.25, -0.2) is 0 Å². The zero-order valence-electron chi connectivity index (χ0n) is 8.85.